The molecular formula is C33H31Br2N3O4S. The van der Waals surface area contributed by atoms with E-state index in [1.807, 2.05) is 75.4 Å². The van der Waals surface area contributed by atoms with Gasteiger partial charge >= 0.3 is 0 Å². The zero-order valence-corrected chi connectivity index (χ0v) is 28.3. The molecule has 0 saturated heterocycles. The quantitative estimate of drug-likeness (QED) is 0.189. The van der Waals surface area contributed by atoms with E-state index in [4.69, 9.17) is 14.5 Å². The highest BCUT2D eigenvalue weighted by molar-refractivity contribution is 9.11. The lowest BCUT2D eigenvalue weighted by Crippen LogP contribution is -2.43. The van der Waals surface area contributed by atoms with Crippen LogP contribution in [0.1, 0.15) is 37.9 Å². The topological polar surface area (TPSA) is 73.1 Å². The number of likely N-dealkylation sites (N-methyl/N-ethyl adjacent to an activating group) is 1. The molecule has 43 heavy (non-hydrogen) atoms. The van der Waals surface area contributed by atoms with Crippen LogP contribution in [0, 0.1) is 0 Å². The van der Waals surface area contributed by atoms with Crippen LogP contribution in [0.25, 0.3) is 16.8 Å². The molecule has 1 atom stereocenters. The lowest BCUT2D eigenvalue weighted by Gasteiger charge is -2.30. The van der Waals surface area contributed by atoms with Crippen molar-refractivity contribution in [2.75, 3.05) is 26.8 Å². The molecule has 0 N–H and O–H groups in total. The van der Waals surface area contributed by atoms with Crippen LogP contribution in [-0.2, 0) is 4.79 Å². The van der Waals surface area contributed by atoms with Crippen molar-refractivity contribution in [2.24, 2.45) is 4.99 Å². The van der Waals surface area contributed by atoms with Crippen LogP contribution in [0.2, 0.25) is 0 Å². The van der Waals surface area contributed by atoms with Crippen molar-refractivity contribution < 1.29 is 14.3 Å². The second-order valence-electron chi connectivity index (χ2n) is 9.88. The van der Waals surface area contributed by atoms with E-state index in [0.717, 1.165) is 30.8 Å². The van der Waals surface area contributed by atoms with Crippen LogP contribution in [-0.4, -0.2) is 42.2 Å². The van der Waals surface area contributed by atoms with Gasteiger partial charge in [-0.3, -0.25) is 14.2 Å². The summed E-state index contributed by atoms with van der Waals surface area (Å²) in [7, 11) is 1.61. The largest absolute Gasteiger partial charge is 0.496 e. The molecule has 10 heteroatoms. The van der Waals surface area contributed by atoms with E-state index in [2.05, 4.69) is 38.4 Å². The Kier molecular flexibility index (Phi) is 9.39. The summed E-state index contributed by atoms with van der Waals surface area (Å²) in [5, 5.41) is 1.89. The van der Waals surface area contributed by atoms with Gasteiger partial charge < -0.3 is 14.4 Å². The zero-order valence-electron chi connectivity index (χ0n) is 24.3. The van der Waals surface area contributed by atoms with Crippen molar-refractivity contribution in [3.8, 4) is 11.5 Å². The predicted octanol–water partition coefficient (Wildman–Crippen LogP) is 6.36. The Morgan fingerprint density at radius 2 is 1.84 bits per heavy atom. The number of allylic oxidation sites excluding steroid dienone is 1. The molecule has 3 aromatic carbocycles. The maximum atomic E-state index is 14.3. The van der Waals surface area contributed by atoms with E-state index in [9.17, 15) is 9.59 Å². The van der Waals surface area contributed by atoms with Gasteiger partial charge in [-0.15, -0.1) is 0 Å². The van der Waals surface area contributed by atoms with E-state index in [1.54, 1.807) is 22.7 Å². The van der Waals surface area contributed by atoms with E-state index in [0.29, 0.717) is 51.8 Å². The number of hydrogen-bond donors (Lipinski definition) is 0. The Morgan fingerprint density at radius 1 is 1.14 bits per heavy atom. The minimum absolute atomic E-state index is 0.150. The predicted molar refractivity (Wildman–Crippen MR) is 180 cm³/mol. The molecule has 4 aromatic rings. The first-order chi connectivity index (χ1) is 20.7. The first-order valence-corrected chi connectivity index (χ1v) is 16.2. The fraction of sp³-hybridized carbons (Fsp3) is 0.242. The summed E-state index contributed by atoms with van der Waals surface area (Å²) in [5.74, 6) is 1.10. The number of aromatic nitrogens is 1. The highest BCUT2D eigenvalue weighted by Crippen LogP contribution is 2.40. The van der Waals surface area contributed by atoms with Gasteiger partial charge in [-0.1, -0.05) is 54.3 Å². The van der Waals surface area contributed by atoms with Crippen LogP contribution < -0.4 is 24.4 Å². The van der Waals surface area contributed by atoms with Gasteiger partial charge in [0.05, 0.1) is 31.9 Å². The van der Waals surface area contributed by atoms with E-state index in [-0.39, 0.29) is 11.5 Å². The van der Waals surface area contributed by atoms with Crippen molar-refractivity contribution >= 4 is 66.0 Å². The zero-order chi connectivity index (χ0) is 30.8. The number of methoxy groups -OCH3 is 1. The molecular weight excluding hydrogens is 694 g/mol. The Labute approximate surface area is 270 Å². The fourth-order valence-electron chi connectivity index (χ4n) is 5.38. The van der Waals surface area contributed by atoms with Gasteiger partial charge in [0.2, 0.25) is 0 Å². The van der Waals surface area contributed by atoms with Crippen molar-refractivity contribution in [1.82, 2.24) is 9.47 Å². The van der Waals surface area contributed by atoms with Crippen molar-refractivity contribution in [3.05, 3.63) is 112 Å². The number of benzene rings is 3. The molecule has 5 rings (SSSR count). The highest BCUT2D eigenvalue weighted by Gasteiger charge is 2.36. The molecule has 0 fully saturated rings. The summed E-state index contributed by atoms with van der Waals surface area (Å²) < 4.78 is 15.3. The van der Waals surface area contributed by atoms with Gasteiger partial charge in [-0.25, -0.2) is 4.99 Å². The summed E-state index contributed by atoms with van der Waals surface area (Å²) in [5.41, 5.74) is 2.36. The molecule has 0 spiro atoms. The van der Waals surface area contributed by atoms with E-state index >= 15 is 0 Å². The summed E-state index contributed by atoms with van der Waals surface area (Å²) >= 11 is 8.46. The number of fused-ring (bicyclic) bond motifs is 2. The highest BCUT2D eigenvalue weighted by atomic mass is 79.9. The molecule has 222 valence electrons. The summed E-state index contributed by atoms with van der Waals surface area (Å²) in [6.45, 7) is 10.9. The van der Waals surface area contributed by atoms with Gasteiger partial charge in [0.25, 0.3) is 11.5 Å². The smallest absolute Gasteiger partial charge is 0.271 e. The number of carbonyl (C=O) groups excluding carboxylic acids is 1. The van der Waals surface area contributed by atoms with Gasteiger partial charge in [0, 0.05) is 18.7 Å². The van der Waals surface area contributed by atoms with Crippen molar-refractivity contribution in [3.63, 3.8) is 0 Å². The summed E-state index contributed by atoms with van der Waals surface area (Å²) in [4.78, 5) is 35.6. The number of halogens is 2. The second-order valence-corrected chi connectivity index (χ2v) is 12.6. The number of nitrogens with zero attached hydrogens (tertiary/aromatic N) is 3. The van der Waals surface area contributed by atoms with Crippen LogP contribution in [0.15, 0.2) is 91.2 Å². The number of carbonyl (C=O) groups is 1. The van der Waals surface area contributed by atoms with E-state index < -0.39 is 6.04 Å². The number of rotatable bonds is 9. The maximum absolute atomic E-state index is 14.3. The number of thiazole rings is 1. The summed E-state index contributed by atoms with van der Waals surface area (Å²) in [6, 6.07) is 14.9. The normalized spacial score (nSPS) is 14.8. The molecule has 1 aromatic heterocycles. The van der Waals surface area contributed by atoms with Gasteiger partial charge in [-0.05, 0) is 93.2 Å². The van der Waals surface area contributed by atoms with Crippen LogP contribution in [0.4, 0.5) is 0 Å². The molecule has 7 nitrogen and oxygen atoms in total. The molecule has 0 radical (unpaired) electrons. The van der Waals surface area contributed by atoms with Crippen LogP contribution in [0.5, 0.6) is 11.5 Å². The Balaban J connectivity index is 1.79. The van der Waals surface area contributed by atoms with Gasteiger partial charge in [0.15, 0.2) is 4.80 Å². The summed E-state index contributed by atoms with van der Waals surface area (Å²) in [6.07, 6.45) is 3.51. The van der Waals surface area contributed by atoms with Crippen LogP contribution in [0.3, 0.4) is 0 Å². The average Bonchev–Trinajstić information content (AvgIpc) is 3.29. The van der Waals surface area contributed by atoms with Crippen molar-refractivity contribution in [1.29, 1.82) is 0 Å². The molecule has 0 saturated carbocycles. The molecule has 2 heterocycles. The van der Waals surface area contributed by atoms with Gasteiger partial charge in [-0.2, -0.15) is 0 Å². The first-order valence-electron chi connectivity index (χ1n) is 13.8. The number of hydrogen-bond acceptors (Lipinski definition) is 6. The molecule has 1 amide bonds. The Morgan fingerprint density at radius 3 is 2.49 bits per heavy atom. The molecule has 1 aliphatic heterocycles. The minimum atomic E-state index is -0.735. The Bertz CT molecular complexity index is 1930. The molecule has 0 aliphatic carbocycles. The molecule has 0 bridgehead atoms. The van der Waals surface area contributed by atoms with Gasteiger partial charge in [0.1, 0.15) is 24.1 Å². The maximum Gasteiger partial charge on any atom is 0.271 e. The molecule has 0 unspecified atom stereocenters. The lowest BCUT2D eigenvalue weighted by molar-refractivity contribution is -0.127. The molecule has 1 aliphatic rings. The fourth-order valence-corrected chi connectivity index (χ4v) is 7.88. The average molecular weight is 726 g/mol. The third-order valence-electron chi connectivity index (χ3n) is 7.39. The van der Waals surface area contributed by atoms with Crippen LogP contribution >= 0.6 is 43.2 Å². The third-order valence-corrected chi connectivity index (χ3v) is 9.55. The standard InChI is InChI=1S/C33H31Br2N3O4S/c1-6-15-42-30-23(34)16-20(17-24(30)35)18-26-31(39)38-29(28-22-12-10-9-11-21(22)13-14-25(28)41-5)27(19(4)36-33(38)43-26)32(40)37(7-2)8-3/h6,9-14,16-18,29H,1,7-8,15H2,2-5H3/b26-18+/t29-/m0/s1. The second kappa shape index (κ2) is 13.0. The lowest BCUT2D eigenvalue weighted by atomic mass is 9.90. The monoisotopic (exact) mass is 723 g/mol. The number of amides is 1. The minimum Gasteiger partial charge on any atom is -0.496 e. The van der Waals surface area contributed by atoms with Crippen molar-refractivity contribution in [2.45, 2.75) is 26.8 Å². The first kappa shape index (κ1) is 31.0. The third kappa shape index (κ3) is 5.75. The Hall–Kier alpha value is -3.47. The number of ether oxygens (including phenoxy) is 2. The van der Waals surface area contributed by atoms with E-state index in [1.165, 1.54) is 11.3 Å². The SMILES string of the molecule is C=CCOc1c(Br)cc(/C=c2/sc3n(c2=O)[C@H](c2c(OC)ccc4ccccc24)C(C(=O)N(CC)CC)=C(C)N=3)cc1Br.